The summed E-state index contributed by atoms with van der Waals surface area (Å²) in [5.74, 6) is -1.04. The average Bonchev–Trinajstić information content (AvgIpc) is 2.91. The van der Waals surface area contributed by atoms with Gasteiger partial charge in [0.25, 0.3) is 0 Å². The van der Waals surface area contributed by atoms with Crippen molar-refractivity contribution in [1.82, 2.24) is 4.90 Å². The molecule has 0 radical (unpaired) electrons. The van der Waals surface area contributed by atoms with Gasteiger partial charge in [0.15, 0.2) is 0 Å². The molecular formula is C20H22ClF2N3O. The Kier molecular flexibility index (Phi) is 6.29. The van der Waals surface area contributed by atoms with Crippen LogP contribution in [0.15, 0.2) is 42.5 Å². The quantitative estimate of drug-likeness (QED) is 0.847. The molecule has 2 aromatic rings. The number of carbonyl (C=O) groups excluding carboxylic acids is 1. The van der Waals surface area contributed by atoms with Crippen LogP contribution in [0.1, 0.15) is 13.3 Å². The van der Waals surface area contributed by atoms with Crippen LogP contribution in [0.3, 0.4) is 0 Å². The Labute approximate surface area is 162 Å². The van der Waals surface area contributed by atoms with Gasteiger partial charge in [-0.25, -0.2) is 8.78 Å². The Morgan fingerprint density at radius 1 is 1.07 bits per heavy atom. The second-order valence-corrected chi connectivity index (χ2v) is 7.08. The molecule has 27 heavy (non-hydrogen) atoms. The van der Waals surface area contributed by atoms with Crippen molar-refractivity contribution in [3.8, 4) is 0 Å². The number of rotatable bonds is 4. The topological polar surface area (TPSA) is 35.6 Å². The molecule has 1 aliphatic rings. The molecular weight excluding hydrogens is 372 g/mol. The summed E-state index contributed by atoms with van der Waals surface area (Å²) >= 11 is 5.88. The van der Waals surface area contributed by atoms with Crippen molar-refractivity contribution < 1.29 is 13.6 Å². The second kappa shape index (κ2) is 8.67. The lowest BCUT2D eigenvalue weighted by atomic mass is 10.2. The molecule has 2 aromatic carbocycles. The molecule has 0 aromatic heterocycles. The maximum absolute atomic E-state index is 13.8. The van der Waals surface area contributed by atoms with E-state index in [1.807, 2.05) is 6.92 Å². The largest absolute Gasteiger partial charge is 0.370 e. The van der Waals surface area contributed by atoms with Crippen molar-refractivity contribution >= 4 is 28.9 Å². The van der Waals surface area contributed by atoms with E-state index >= 15 is 0 Å². The fourth-order valence-electron chi connectivity index (χ4n) is 3.23. The predicted molar refractivity (Wildman–Crippen MR) is 104 cm³/mol. The first-order valence-corrected chi connectivity index (χ1v) is 9.32. The fraction of sp³-hybridized carbons (Fsp3) is 0.350. The van der Waals surface area contributed by atoms with Gasteiger partial charge in [0, 0.05) is 36.9 Å². The summed E-state index contributed by atoms with van der Waals surface area (Å²) < 4.78 is 27.0. The normalized spacial score (nSPS) is 16.7. The second-order valence-electron chi connectivity index (χ2n) is 6.64. The van der Waals surface area contributed by atoms with Crippen molar-refractivity contribution in [1.29, 1.82) is 0 Å². The monoisotopic (exact) mass is 393 g/mol. The Hall–Kier alpha value is -2.18. The molecule has 144 valence electrons. The summed E-state index contributed by atoms with van der Waals surface area (Å²) in [4.78, 5) is 16.8. The molecule has 1 atom stereocenters. The van der Waals surface area contributed by atoms with Crippen molar-refractivity contribution in [2.45, 2.75) is 19.4 Å². The molecule has 7 heteroatoms. The lowest BCUT2D eigenvalue weighted by Gasteiger charge is -2.27. The maximum atomic E-state index is 13.8. The van der Waals surface area contributed by atoms with Gasteiger partial charge in [-0.2, -0.15) is 0 Å². The van der Waals surface area contributed by atoms with Crippen LogP contribution in [0.5, 0.6) is 0 Å². The van der Waals surface area contributed by atoms with Crippen LogP contribution in [0.2, 0.25) is 5.02 Å². The highest BCUT2D eigenvalue weighted by atomic mass is 35.5. The first-order valence-electron chi connectivity index (χ1n) is 8.94. The molecule has 0 aliphatic carbocycles. The van der Waals surface area contributed by atoms with Crippen LogP contribution in [0, 0.1) is 11.6 Å². The predicted octanol–water partition coefficient (Wildman–Crippen LogP) is 4.16. The van der Waals surface area contributed by atoms with Gasteiger partial charge in [0.2, 0.25) is 5.91 Å². The van der Waals surface area contributed by atoms with Crippen molar-refractivity contribution in [2.24, 2.45) is 0 Å². The number of amides is 1. The first kappa shape index (κ1) is 19.6. The van der Waals surface area contributed by atoms with Crippen LogP contribution in [0.4, 0.5) is 20.2 Å². The zero-order chi connectivity index (χ0) is 19.4. The van der Waals surface area contributed by atoms with Crippen LogP contribution < -0.4 is 10.2 Å². The van der Waals surface area contributed by atoms with Crippen molar-refractivity contribution in [2.75, 3.05) is 36.4 Å². The number of hydrogen-bond acceptors (Lipinski definition) is 3. The fourth-order valence-corrected chi connectivity index (χ4v) is 3.40. The SMILES string of the molecule is CC(C(=O)Nc1cc(Cl)ccc1F)N1CCCN(c2ccc(F)cc2)CC1. The third kappa shape index (κ3) is 4.96. The van der Waals surface area contributed by atoms with Crippen molar-refractivity contribution in [3.63, 3.8) is 0 Å². The van der Waals surface area contributed by atoms with Gasteiger partial charge in [0.1, 0.15) is 11.6 Å². The van der Waals surface area contributed by atoms with Gasteiger partial charge in [-0.05, 0) is 55.8 Å². The first-order chi connectivity index (χ1) is 12.9. The van der Waals surface area contributed by atoms with E-state index in [1.165, 1.54) is 30.3 Å². The zero-order valence-corrected chi connectivity index (χ0v) is 15.8. The minimum Gasteiger partial charge on any atom is -0.370 e. The van der Waals surface area contributed by atoms with Crippen LogP contribution in [-0.2, 0) is 4.79 Å². The number of nitrogens with one attached hydrogen (secondary N) is 1. The van der Waals surface area contributed by atoms with E-state index in [9.17, 15) is 13.6 Å². The molecule has 3 rings (SSSR count). The molecule has 4 nitrogen and oxygen atoms in total. The van der Waals surface area contributed by atoms with Crippen molar-refractivity contribution in [3.05, 3.63) is 59.1 Å². The van der Waals surface area contributed by atoms with E-state index in [0.717, 1.165) is 31.7 Å². The molecule has 1 aliphatic heterocycles. The maximum Gasteiger partial charge on any atom is 0.241 e. The molecule has 1 N–H and O–H groups in total. The Bertz CT molecular complexity index is 800. The molecule has 1 unspecified atom stereocenters. The van der Waals surface area contributed by atoms with Gasteiger partial charge in [0.05, 0.1) is 11.7 Å². The highest BCUT2D eigenvalue weighted by Gasteiger charge is 2.25. The number of anilines is 2. The van der Waals surface area contributed by atoms with Gasteiger partial charge in [-0.15, -0.1) is 0 Å². The third-order valence-electron chi connectivity index (χ3n) is 4.84. The van der Waals surface area contributed by atoms with E-state index in [2.05, 4.69) is 15.1 Å². The average molecular weight is 394 g/mol. The third-order valence-corrected chi connectivity index (χ3v) is 5.07. The molecule has 1 amide bonds. The van der Waals surface area contributed by atoms with E-state index in [0.29, 0.717) is 11.6 Å². The molecule has 0 saturated carbocycles. The van der Waals surface area contributed by atoms with Gasteiger partial charge < -0.3 is 10.2 Å². The molecule has 0 bridgehead atoms. The van der Waals surface area contributed by atoms with E-state index < -0.39 is 11.9 Å². The summed E-state index contributed by atoms with van der Waals surface area (Å²) in [5, 5.41) is 2.99. The van der Waals surface area contributed by atoms with E-state index in [-0.39, 0.29) is 17.4 Å². The minimum absolute atomic E-state index is 0.0853. The highest BCUT2D eigenvalue weighted by molar-refractivity contribution is 6.30. The number of hydrogen-bond donors (Lipinski definition) is 1. The standard InChI is InChI=1S/C20H22ClF2N3O/c1-14(20(27)24-19-13-15(21)3-8-18(19)23)25-9-2-10-26(12-11-25)17-6-4-16(22)5-7-17/h3-8,13-14H,2,9-12H2,1H3,(H,24,27). The number of nitrogens with zero attached hydrogens (tertiary/aromatic N) is 2. The Morgan fingerprint density at radius 2 is 1.81 bits per heavy atom. The summed E-state index contributed by atoms with van der Waals surface area (Å²) in [5.41, 5.74) is 1.05. The number of carbonyl (C=O) groups is 1. The highest BCUT2D eigenvalue weighted by Crippen LogP contribution is 2.21. The summed E-state index contributed by atoms with van der Waals surface area (Å²) in [7, 11) is 0. The van der Waals surface area contributed by atoms with Crippen LogP contribution in [0.25, 0.3) is 0 Å². The smallest absolute Gasteiger partial charge is 0.241 e. The summed E-state index contributed by atoms with van der Waals surface area (Å²) in [6.45, 7) is 4.81. The summed E-state index contributed by atoms with van der Waals surface area (Å²) in [6, 6.07) is 10.1. The number of halogens is 3. The molecule has 1 saturated heterocycles. The summed E-state index contributed by atoms with van der Waals surface area (Å²) in [6.07, 6.45) is 0.876. The molecule has 0 spiro atoms. The van der Waals surface area contributed by atoms with Gasteiger partial charge in [-0.3, -0.25) is 9.69 Å². The van der Waals surface area contributed by atoms with Gasteiger partial charge >= 0.3 is 0 Å². The lowest BCUT2D eigenvalue weighted by Crippen LogP contribution is -2.44. The van der Waals surface area contributed by atoms with Crippen LogP contribution in [-0.4, -0.2) is 43.0 Å². The molecule has 1 fully saturated rings. The van der Waals surface area contributed by atoms with E-state index in [1.54, 1.807) is 12.1 Å². The Balaban J connectivity index is 1.61. The Morgan fingerprint density at radius 3 is 2.56 bits per heavy atom. The lowest BCUT2D eigenvalue weighted by molar-refractivity contribution is -0.120. The molecule has 1 heterocycles. The van der Waals surface area contributed by atoms with Gasteiger partial charge in [-0.1, -0.05) is 11.6 Å². The van der Waals surface area contributed by atoms with E-state index in [4.69, 9.17) is 11.6 Å². The van der Waals surface area contributed by atoms with Crippen LogP contribution >= 0.6 is 11.6 Å². The zero-order valence-electron chi connectivity index (χ0n) is 15.1. The number of benzene rings is 2. The minimum atomic E-state index is -0.515.